The van der Waals surface area contributed by atoms with Crippen molar-refractivity contribution in [1.29, 1.82) is 0 Å². The molecule has 9 heteroatoms. The summed E-state index contributed by atoms with van der Waals surface area (Å²) in [5.41, 5.74) is 4.85. The molecule has 30 heavy (non-hydrogen) atoms. The number of halogens is 1. The van der Waals surface area contributed by atoms with Gasteiger partial charge in [-0.15, -0.1) is 0 Å². The number of nitrogens with one attached hydrogen (secondary N) is 2. The number of amides is 1. The zero-order chi connectivity index (χ0) is 21.4. The van der Waals surface area contributed by atoms with Crippen LogP contribution in [0.4, 0.5) is 11.6 Å². The van der Waals surface area contributed by atoms with Gasteiger partial charge in [0, 0.05) is 21.4 Å². The third-order valence-corrected chi connectivity index (χ3v) is 5.57. The number of rotatable bonds is 4. The van der Waals surface area contributed by atoms with E-state index in [2.05, 4.69) is 42.1 Å². The maximum atomic E-state index is 13.5. The van der Waals surface area contributed by atoms with Gasteiger partial charge in [-0.3, -0.25) is 4.79 Å². The average Bonchev–Trinajstić information content (AvgIpc) is 3.17. The molecule has 0 fully saturated rings. The van der Waals surface area contributed by atoms with E-state index in [4.69, 9.17) is 4.74 Å². The summed E-state index contributed by atoms with van der Waals surface area (Å²) in [4.78, 5) is 13.5. The minimum Gasteiger partial charge on any atom is -0.496 e. The molecule has 0 spiro atoms. The summed E-state index contributed by atoms with van der Waals surface area (Å²) >= 11 is 3.47. The van der Waals surface area contributed by atoms with Crippen molar-refractivity contribution in [3.8, 4) is 5.75 Å². The number of tetrazole rings is 1. The second-order valence-corrected chi connectivity index (χ2v) is 8.09. The highest BCUT2D eigenvalue weighted by Gasteiger charge is 2.35. The zero-order valence-corrected chi connectivity index (χ0v) is 18.6. The Kier molecular flexibility index (Phi) is 5.29. The number of benzene rings is 2. The third-order valence-electron chi connectivity index (χ3n) is 5.08. The highest BCUT2D eigenvalue weighted by molar-refractivity contribution is 9.10. The van der Waals surface area contributed by atoms with Crippen LogP contribution in [-0.4, -0.2) is 33.2 Å². The van der Waals surface area contributed by atoms with Crippen molar-refractivity contribution in [1.82, 2.24) is 20.2 Å². The molecule has 4 rings (SSSR count). The average molecular weight is 469 g/mol. The van der Waals surface area contributed by atoms with Crippen LogP contribution in [0.25, 0.3) is 0 Å². The molecule has 2 N–H and O–H groups in total. The fourth-order valence-corrected chi connectivity index (χ4v) is 3.99. The second-order valence-electron chi connectivity index (χ2n) is 7.17. The predicted molar refractivity (Wildman–Crippen MR) is 118 cm³/mol. The van der Waals surface area contributed by atoms with Crippen LogP contribution in [0.5, 0.6) is 5.75 Å². The van der Waals surface area contributed by atoms with Crippen LogP contribution >= 0.6 is 15.9 Å². The summed E-state index contributed by atoms with van der Waals surface area (Å²) in [5, 5.41) is 18.1. The van der Waals surface area contributed by atoms with Gasteiger partial charge >= 0.3 is 0 Å². The van der Waals surface area contributed by atoms with Gasteiger partial charge in [0.25, 0.3) is 5.91 Å². The molecule has 1 aromatic heterocycles. The van der Waals surface area contributed by atoms with E-state index in [-0.39, 0.29) is 5.91 Å². The maximum absolute atomic E-state index is 13.5. The summed E-state index contributed by atoms with van der Waals surface area (Å²) in [7, 11) is 1.60. The lowest BCUT2D eigenvalue weighted by Crippen LogP contribution is -2.32. The normalized spacial score (nSPS) is 15.4. The molecule has 3 aromatic rings. The van der Waals surface area contributed by atoms with Crippen molar-refractivity contribution in [2.75, 3.05) is 17.7 Å². The highest BCUT2D eigenvalue weighted by Crippen LogP contribution is 2.40. The van der Waals surface area contributed by atoms with Crippen LogP contribution in [0.15, 0.2) is 52.1 Å². The number of hydrogen-bond donors (Lipinski definition) is 2. The lowest BCUT2D eigenvalue weighted by atomic mass is 9.94. The Morgan fingerprint density at radius 1 is 1.20 bits per heavy atom. The Hall–Kier alpha value is -3.20. The van der Waals surface area contributed by atoms with E-state index in [9.17, 15) is 4.79 Å². The topological polar surface area (TPSA) is 94.0 Å². The first kappa shape index (κ1) is 20.1. The summed E-state index contributed by atoms with van der Waals surface area (Å²) < 4.78 is 8.06. The smallest absolute Gasteiger partial charge is 0.255 e. The second kappa shape index (κ2) is 7.91. The van der Waals surface area contributed by atoms with Crippen LogP contribution in [0, 0.1) is 13.8 Å². The molecule has 0 saturated heterocycles. The zero-order valence-electron chi connectivity index (χ0n) is 17.0. The number of carbonyl (C=O) groups excluding carboxylic acids is 1. The standard InChI is InChI=1S/C21H21BrN6O2/c1-11-5-8-16(12(2)9-11)24-20(29)18-13(3)23-21-25-26-27-28(21)19(18)15-7-6-14(22)10-17(15)30-4/h5-10,19H,1-4H3,(H,24,29)(H,23,25,27)/t19-/m1/s1. The Labute approximate surface area is 182 Å². The monoisotopic (exact) mass is 468 g/mol. The minimum absolute atomic E-state index is 0.233. The fourth-order valence-electron chi connectivity index (χ4n) is 3.65. The van der Waals surface area contributed by atoms with E-state index in [1.807, 2.05) is 57.2 Å². The van der Waals surface area contributed by atoms with Gasteiger partial charge in [-0.2, -0.15) is 4.68 Å². The van der Waals surface area contributed by atoms with Crippen LogP contribution < -0.4 is 15.4 Å². The van der Waals surface area contributed by atoms with Crippen molar-refractivity contribution in [3.05, 3.63) is 68.8 Å². The van der Waals surface area contributed by atoms with E-state index >= 15 is 0 Å². The maximum Gasteiger partial charge on any atom is 0.255 e. The van der Waals surface area contributed by atoms with Gasteiger partial charge < -0.3 is 15.4 Å². The van der Waals surface area contributed by atoms with Crippen LogP contribution in [-0.2, 0) is 4.79 Å². The fraction of sp³-hybridized carbons (Fsp3) is 0.238. The molecule has 2 heterocycles. The summed E-state index contributed by atoms with van der Waals surface area (Å²) in [6, 6.07) is 11.0. The van der Waals surface area contributed by atoms with Gasteiger partial charge in [0.1, 0.15) is 11.8 Å². The Balaban J connectivity index is 1.81. The summed E-state index contributed by atoms with van der Waals surface area (Å²) in [6.45, 7) is 5.83. The molecule has 1 aliphatic rings. The van der Waals surface area contributed by atoms with Crippen LogP contribution in [0.1, 0.15) is 29.7 Å². The van der Waals surface area contributed by atoms with E-state index in [0.29, 0.717) is 23.0 Å². The highest BCUT2D eigenvalue weighted by atomic mass is 79.9. The molecule has 0 bridgehead atoms. The van der Waals surface area contributed by atoms with Gasteiger partial charge in [-0.1, -0.05) is 44.8 Å². The van der Waals surface area contributed by atoms with E-state index < -0.39 is 6.04 Å². The molecule has 1 atom stereocenters. The molecule has 1 aliphatic heterocycles. The lowest BCUT2D eigenvalue weighted by molar-refractivity contribution is -0.113. The van der Waals surface area contributed by atoms with E-state index in [1.165, 1.54) is 0 Å². The van der Waals surface area contributed by atoms with Gasteiger partial charge in [-0.05, 0) is 55.0 Å². The van der Waals surface area contributed by atoms with Crippen molar-refractivity contribution in [2.45, 2.75) is 26.8 Å². The largest absolute Gasteiger partial charge is 0.496 e. The minimum atomic E-state index is -0.551. The number of allylic oxidation sites excluding steroid dienone is 1. The van der Waals surface area contributed by atoms with Crippen LogP contribution in [0.3, 0.4) is 0 Å². The Morgan fingerprint density at radius 2 is 2.00 bits per heavy atom. The molecule has 0 aliphatic carbocycles. The number of carbonyl (C=O) groups is 1. The number of ether oxygens (including phenoxy) is 1. The predicted octanol–water partition coefficient (Wildman–Crippen LogP) is 3.99. The van der Waals surface area contributed by atoms with Gasteiger partial charge in [0.05, 0.1) is 12.7 Å². The van der Waals surface area contributed by atoms with Crippen molar-refractivity contribution < 1.29 is 9.53 Å². The molecular weight excluding hydrogens is 448 g/mol. The number of hydrogen-bond acceptors (Lipinski definition) is 6. The van der Waals surface area contributed by atoms with Crippen molar-refractivity contribution in [3.63, 3.8) is 0 Å². The number of methoxy groups -OCH3 is 1. The third kappa shape index (κ3) is 3.56. The molecule has 0 saturated carbocycles. The molecular formula is C21H21BrN6O2. The van der Waals surface area contributed by atoms with Gasteiger partial charge in [0.15, 0.2) is 0 Å². The Morgan fingerprint density at radius 3 is 2.73 bits per heavy atom. The first-order chi connectivity index (χ1) is 14.4. The van der Waals surface area contributed by atoms with Crippen molar-refractivity contribution in [2.24, 2.45) is 0 Å². The number of aryl methyl sites for hydroxylation is 2. The number of anilines is 2. The molecule has 0 unspecified atom stereocenters. The summed E-state index contributed by atoms with van der Waals surface area (Å²) in [6.07, 6.45) is 0. The number of nitrogens with zero attached hydrogens (tertiary/aromatic N) is 4. The molecule has 154 valence electrons. The van der Waals surface area contributed by atoms with Gasteiger partial charge in [0.2, 0.25) is 5.95 Å². The van der Waals surface area contributed by atoms with Crippen LogP contribution in [0.2, 0.25) is 0 Å². The SMILES string of the molecule is COc1cc(Br)ccc1[C@@H]1C(C(=O)Nc2ccc(C)cc2C)=C(C)Nc2nnnn21. The van der Waals surface area contributed by atoms with Crippen molar-refractivity contribution >= 4 is 33.5 Å². The lowest BCUT2D eigenvalue weighted by Gasteiger charge is -2.29. The van der Waals surface area contributed by atoms with E-state index in [0.717, 1.165) is 26.9 Å². The Bertz CT molecular complexity index is 1170. The summed E-state index contributed by atoms with van der Waals surface area (Å²) in [5.74, 6) is 0.857. The molecule has 8 nitrogen and oxygen atoms in total. The first-order valence-corrected chi connectivity index (χ1v) is 10.2. The number of fused-ring (bicyclic) bond motifs is 1. The van der Waals surface area contributed by atoms with E-state index in [1.54, 1.807) is 11.8 Å². The molecule has 0 radical (unpaired) electrons. The molecule has 2 aromatic carbocycles. The quantitative estimate of drug-likeness (QED) is 0.600. The molecule has 1 amide bonds. The number of aromatic nitrogens is 4. The van der Waals surface area contributed by atoms with Gasteiger partial charge in [-0.25, -0.2) is 0 Å². The first-order valence-electron chi connectivity index (χ1n) is 9.36.